The van der Waals surface area contributed by atoms with Crippen LogP contribution in [0, 0.1) is 0 Å². The number of thiophene rings is 1. The summed E-state index contributed by atoms with van der Waals surface area (Å²) in [6, 6.07) is 1.98. The number of hydrogen-bond donors (Lipinski definition) is 2. The van der Waals surface area contributed by atoms with Crippen molar-refractivity contribution in [2.45, 2.75) is 6.04 Å². The molecule has 0 aliphatic carbocycles. The van der Waals surface area contributed by atoms with E-state index in [9.17, 15) is 0 Å². The van der Waals surface area contributed by atoms with Gasteiger partial charge in [0.1, 0.15) is 11.9 Å². The van der Waals surface area contributed by atoms with Crippen molar-refractivity contribution < 1.29 is 0 Å². The van der Waals surface area contributed by atoms with Crippen LogP contribution in [0.15, 0.2) is 27.6 Å². The number of aryl methyl sites for hydroxylation is 1. The second-order valence-corrected chi connectivity index (χ2v) is 5.47. The molecule has 1 unspecified atom stereocenters. The predicted octanol–water partition coefficient (Wildman–Crippen LogP) is 1.80. The van der Waals surface area contributed by atoms with E-state index in [1.807, 2.05) is 23.9 Å². The van der Waals surface area contributed by atoms with Crippen molar-refractivity contribution in [3.63, 3.8) is 0 Å². The van der Waals surface area contributed by atoms with E-state index in [2.05, 4.69) is 31.7 Å². The Morgan fingerprint density at radius 3 is 2.93 bits per heavy atom. The molecule has 0 saturated heterocycles. The molecular weight excluding hydrogens is 276 g/mol. The largest absolute Gasteiger partial charge is 0.336 e. The van der Waals surface area contributed by atoms with Gasteiger partial charge in [0.05, 0.1) is 3.79 Å². The first-order chi connectivity index (χ1) is 7.22. The average Bonchev–Trinajstić information content (AvgIpc) is 2.79. The minimum absolute atomic E-state index is 0.0625. The molecule has 6 heteroatoms. The molecule has 2 aromatic heterocycles. The van der Waals surface area contributed by atoms with Crippen LogP contribution in [0.25, 0.3) is 0 Å². The summed E-state index contributed by atoms with van der Waals surface area (Å²) >= 11 is 5.07. The summed E-state index contributed by atoms with van der Waals surface area (Å²) in [5.74, 6) is 6.47. The third-order valence-electron chi connectivity index (χ3n) is 2.20. The molecule has 0 amide bonds. The van der Waals surface area contributed by atoms with Gasteiger partial charge in [-0.15, -0.1) is 11.3 Å². The number of nitrogens with one attached hydrogen (secondary N) is 1. The molecule has 0 spiro atoms. The molecule has 15 heavy (non-hydrogen) atoms. The molecule has 2 rings (SSSR count). The molecule has 0 radical (unpaired) electrons. The maximum atomic E-state index is 5.56. The van der Waals surface area contributed by atoms with Gasteiger partial charge in [-0.2, -0.15) is 0 Å². The van der Waals surface area contributed by atoms with Crippen LogP contribution < -0.4 is 11.3 Å². The van der Waals surface area contributed by atoms with Crippen molar-refractivity contribution in [1.29, 1.82) is 0 Å². The monoisotopic (exact) mass is 286 g/mol. The number of halogens is 1. The predicted molar refractivity (Wildman–Crippen MR) is 64.4 cm³/mol. The lowest BCUT2D eigenvalue weighted by Crippen LogP contribution is -2.30. The molecule has 0 saturated carbocycles. The highest BCUT2D eigenvalue weighted by Gasteiger charge is 2.17. The van der Waals surface area contributed by atoms with Crippen molar-refractivity contribution in [3.8, 4) is 0 Å². The standard InChI is InChI=1S/C9H11BrN4S/c1-14-3-2-12-9(14)8(13-11)6-4-7(10)15-5-6/h2-5,8,13H,11H2,1H3. The van der Waals surface area contributed by atoms with Crippen LogP contribution in [0.4, 0.5) is 0 Å². The summed E-state index contributed by atoms with van der Waals surface area (Å²) in [5, 5.41) is 2.06. The SMILES string of the molecule is Cn1ccnc1C(NN)c1csc(Br)c1. The van der Waals surface area contributed by atoms with Gasteiger partial charge in [-0.25, -0.2) is 10.4 Å². The fourth-order valence-electron chi connectivity index (χ4n) is 1.45. The number of imidazole rings is 1. The first kappa shape index (κ1) is 10.8. The van der Waals surface area contributed by atoms with Crippen molar-refractivity contribution >= 4 is 27.3 Å². The molecular formula is C9H11BrN4S. The van der Waals surface area contributed by atoms with E-state index in [1.165, 1.54) is 0 Å². The maximum absolute atomic E-state index is 5.56. The summed E-state index contributed by atoms with van der Waals surface area (Å²) in [7, 11) is 1.95. The first-order valence-corrected chi connectivity index (χ1v) is 6.07. The van der Waals surface area contributed by atoms with Crippen LogP contribution in [-0.2, 0) is 7.05 Å². The molecule has 0 aliphatic heterocycles. The van der Waals surface area contributed by atoms with E-state index < -0.39 is 0 Å². The number of hydrazine groups is 1. The molecule has 3 N–H and O–H groups in total. The average molecular weight is 287 g/mol. The number of nitrogens with two attached hydrogens (primary N) is 1. The van der Waals surface area contributed by atoms with Crippen LogP contribution >= 0.6 is 27.3 Å². The van der Waals surface area contributed by atoms with E-state index in [4.69, 9.17) is 5.84 Å². The fraction of sp³-hybridized carbons (Fsp3) is 0.222. The van der Waals surface area contributed by atoms with Crippen molar-refractivity contribution in [3.05, 3.63) is 39.0 Å². The summed E-state index contributed by atoms with van der Waals surface area (Å²) in [6.45, 7) is 0. The third kappa shape index (κ3) is 2.12. The van der Waals surface area contributed by atoms with E-state index in [-0.39, 0.29) is 6.04 Å². The third-order valence-corrected chi connectivity index (χ3v) is 3.73. The lowest BCUT2D eigenvalue weighted by molar-refractivity contribution is 0.581. The highest BCUT2D eigenvalue weighted by atomic mass is 79.9. The Labute approximate surface area is 100 Å². The van der Waals surface area contributed by atoms with Gasteiger partial charge >= 0.3 is 0 Å². The molecule has 0 fully saturated rings. The number of hydrogen-bond acceptors (Lipinski definition) is 4. The Hall–Kier alpha value is -0.690. The first-order valence-electron chi connectivity index (χ1n) is 4.39. The second-order valence-electron chi connectivity index (χ2n) is 3.18. The van der Waals surface area contributed by atoms with Crippen LogP contribution in [0.2, 0.25) is 0 Å². The van der Waals surface area contributed by atoms with Crippen molar-refractivity contribution in [2.24, 2.45) is 12.9 Å². The van der Waals surface area contributed by atoms with E-state index >= 15 is 0 Å². The maximum Gasteiger partial charge on any atom is 0.131 e. The molecule has 0 bridgehead atoms. The van der Waals surface area contributed by atoms with Crippen molar-refractivity contribution in [1.82, 2.24) is 15.0 Å². The summed E-state index contributed by atoms with van der Waals surface area (Å²) in [6.07, 6.45) is 3.67. The van der Waals surface area contributed by atoms with E-state index in [0.717, 1.165) is 15.2 Å². The van der Waals surface area contributed by atoms with Gasteiger partial charge in [-0.1, -0.05) is 0 Å². The number of nitrogens with zero attached hydrogens (tertiary/aromatic N) is 2. The van der Waals surface area contributed by atoms with Gasteiger partial charge < -0.3 is 4.57 Å². The number of aromatic nitrogens is 2. The Morgan fingerprint density at radius 2 is 2.47 bits per heavy atom. The van der Waals surface area contributed by atoms with Crippen LogP contribution in [0.1, 0.15) is 17.4 Å². The molecule has 2 aromatic rings. The van der Waals surface area contributed by atoms with E-state index in [1.54, 1.807) is 17.5 Å². The van der Waals surface area contributed by atoms with Gasteiger partial charge in [0, 0.05) is 19.4 Å². The quantitative estimate of drug-likeness (QED) is 0.668. The Bertz CT molecular complexity index is 450. The minimum Gasteiger partial charge on any atom is -0.336 e. The highest BCUT2D eigenvalue weighted by Crippen LogP contribution is 2.27. The fourth-order valence-corrected chi connectivity index (χ4v) is 2.65. The van der Waals surface area contributed by atoms with Crippen molar-refractivity contribution in [2.75, 3.05) is 0 Å². The van der Waals surface area contributed by atoms with Gasteiger partial charge in [-0.05, 0) is 32.9 Å². The second kappa shape index (κ2) is 4.44. The minimum atomic E-state index is -0.0625. The van der Waals surface area contributed by atoms with Gasteiger partial charge in [0.15, 0.2) is 0 Å². The Morgan fingerprint density at radius 1 is 1.67 bits per heavy atom. The molecule has 0 aliphatic rings. The van der Waals surface area contributed by atoms with Gasteiger partial charge in [-0.3, -0.25) is 5.84 Å². The normalized spacial score (nSPS) is 13.0. The van der Waals surface area contributed by atoms with E-state index in [0.29, 0.717) is 0 Å². The zero-order valence-electron chi connectivity index (χ0n) is 8.14. The Kier molecular flexibility index (Phi) is 3.20. The molecule has 80 valence electrons. The topological polar surface area (TPSA) is 55.9 Å². The molecule has 0 aromatic carbocycles. The summed E-state index contributed by atoms with van der Waals surface area (Å²) in [5.41, 5.74) is 3.89. The highest BCUT2D eigenvalue weighted by molar-refractivity contribution is 9.11. The van der Waals surface area contributed by atoms with Crippen LogP contribution in [0.5, 0.6) is 0 Å². The number of rotatable bonds is 3. The van der Waals surface area contributed by atoms with Crippen LogP contribution in [-0.4, -0.2) is 9.55 Å². The summed E-state index contributed by atoms with van der Waals surface area (Å²) < 4.78 is 3.04. The lowest BCUT2D eigenvalue weighted by atomic mass is 10.1. The molecule has 1 atom stereocenters. The molecule has 2 heterocycles. The molecule has 4 nitrogen and oxygen atoms in total. The van der Waals surface area contributed by atoms with Gasteiger partial charge in [0.2, 0.25) is 0 Å². The van der Waals surface area contributed by atoms with Crippen LogP contribution in [0.3, 0.4) is 0 Å². The summed E-state index contributed by atoms with van der Waals surface area (Å²) in [4.78, 5) is 4.28. The zero-order chi connectivity index (χ0) is 10.8. The Balaban J connectivity index is 2.36. The van der Waals surface area contributed by atoms with Gasteiger partial charge in [0.25, 0.3) is 0 Å². The zero-order valence-corrected chi connectivity index (χ0v) is 10.5. The smallest absolute Gasteiger partial charge is 0.131 e. The lowest BCUT2D eigenvalue weighted by Gasteiger charge is -2.14.